The van der Waals surface area contributed by atoms with E-state index in [0.29, 0.717) is 19.6 Å². The molecule has 0 aliphatic heterocycles. The average molecular weight is 259 g/mol. The van der Waals surface area contributed by atoms with E-state index in [0.717, 1.165) is 6.42 Å². The summed E-state index contributed by atoms with van der Waals surface area (Å²) in [5, 5.41) is -0.119. The third kappa shape index (κ3) is 4.29. The van der Waals surface area contributed by atoms with Crippen molar-refractivity contribution < 1.29 is 13.2 Å². The first kappa shape index (κ1) is 13.9. The second-order valence-electron chi connectivity index (χ2n) is 3.50. The molecule has 0 amide bonds. The predicted molar refractivity (Wildman–Crippen MR) is 64.9 cm³/mol. The van der Waals surface area contributed by atoms with Gasteiger partial charge >= 0.3 is 0 Å². The van der Waals surface area contributed by atoms with Crippen LogP contribution in [0.3, 0.4) is 0 Å². The number of hydrogen-bond donors (Lipinski definition) is 2. The van der Waals surface area contributed by atoms with Crippen molar-refractivity contribution >= 4 is 15.7 Å². The van der Waals surface area contributed by atoms with Crippen LogP contribution >= 0.6 is 0 Å². The van der Waals surface area contributed by atoms with Gasteiger partial charge in [0.1, 0.15) is 0 Å². The molecule has 0 aromatic carbocycles. The Balaban J connectivity index is 2.55. The number of unbranched alkanes of at least 4 members (excludes halogenated alkanes) is 1. The standard InChI is InChI=1S/C10H17N3O3S/c1-16-8-3-2-7-13-17(14,15)10-9(11)5-4-6-12-10/h4-6,13H,2-3,7-8,11H2,1H3. The normalized spacial score (nSPS) is 11.6. The number of hydrogen-bond acceptors (Lipinski definition) is 5. The first-order valence-electron chi connectivity index (χ1n) is 5.27. The molecule has 0 bridgehead atoms. The van der Waals surface area contributed by atoms with Crippen LogP contribution in [0.4, 0.5) is 5.69 Å². The maximum absolute atomic E-state index is 11.8. The highest BCUT2D eigenvalue weighted by Gasteiger charge is 2.17. The molecule has 0 unspecified atom stereocenters. The van der Waals surface area contributed by atoms with Crippen molar-refractivity contribution in [1.82, 2.24) is 9.71 Å². The number of nitrogens with zero attached hydrogens (tertiary/aromatic N) is 1. The van der Waals surface area contributed by atoms with Crippen LogP contribution in [0, 0.1) is 0 Å². The zero-order valence-electron chi connectivity index (χ0n) is 9.72. The van der Waals surface area contributed by atoms with E-state index in [1.807, 2.05) is 0 Å². The maximum Gasteiger partial charge on any atom is 0.260 e. The highest BCUT2D eigenvalue weighted by Crippen LogP contribution is 2.13. The summed E-state index contributed by atoms with van der Waals surface area (Å²) in [5.74, 6) is 0. The molecule has 0 aliphatic carbocycles. The van der Waals surface area contributed by atoms with Crippen molar-refractivity contribution in [3.63, 3.8) is 0 Å². The van der Waals surface area contributed by atoms with Gasteiger partial charge in [-0.1, -0.05) is 0 Å². The van der Waals surface area contributed by atoms with Gasteiger partial charge in [0.05, 0.1) is 5.69 Å². The van der Waals surface area contributed by atoms with Crippen LogP contribution in [0.2, 0.25) is 0 Å². The minimum absolute atomic E-state index is 0.119. The summed E-state index contributed by atoms with van der Waals surface area (Å²) in [6, 6.07) is 3.10. The van der Waals surface area contributed by atoms with E-state index in [1.54, 1.807) is 13.2 Å². The van der Waals surface area contributed by atoms with Gasteiger partial charge in [0.15, 0.2) is 5.03 Å². The molecule has 0 saturated heterocycles. The van der Waals surface area contributed by atoms with Crippen molar-refractivity contribution in [3.05, 3.63) is 18.3 Å². The Kier molecular flexibility index (Phi) is 5.33. The number of ether oxygens (including phenoxy) is 1. The maximum atomic E-state index is 11.8. The lowest BCUT2D eigenvalue weighted by atomic mass is 10.3. The topological polar surface area (TPSA) is 94.3 Å². The average Bonchev–Trinajstić information content (AvgIpc) is 2.29. The summed E-state index contributed by atoms with van der Waals surface area (Å²) >= 11 is 0. The number of methoxy groups -OCH3 is 1. The number of nitrogen functional groups attached to an aromatic ring is 1. The number of rotatable bonds is 7. The predicted octanol–water partition coefficient (Wildman–Crippen LogP) is 0.369. The molecular weight excluding hydrogens is 242 g/mol. The minimum atomic E-state index is -3.61. The Hall–Kier alpha value is -1.18. The minimum Gasteiger partial charge on any atom is -0.396 e. The van der Waals surface area contributed by atoms with Gasteiger partial charge in [-0.2, -0.15) is 0 Å². The van der Waals surface area contributed by atoms with Gasteiger partial charge in [0.2, 0.25) is 0 Å². The molecule has 1 aromatic rings. The Bertz CT molecular complexity index is 448. The van der Waals surface area contributed by atoms with Crippen molar-refractivity contribution in [3.8, 4) is 0 Å². The third-order valence-electron chi connectivity index (χ3n) is 2.12. The van der Waals surface area contributed by atoms with Crippen molar-refractivity contribution in [2.75, 3.05) is 26.0 Å². The highest BCUT2D eigenvalue weighted by atomic mass is 32.2. The molecule has 6 nitrogen and oxygen atoms in total. The number of nitrogens with one attached hydrogen (secondary N) is 1. The SMILES string of the molecule is COCCCCNS(=O)(=O)c1ncccc1N. The van der Waals surface area contributed by atoms with E-state index in [4.69, 9.17) is 10.5 Å². The van der Waals surface area contributed by atoms with Gasteiger partial charge in [-0.3, -0.25) is 0 Å². The molecule has 0 saturated carbocycles. The molecule has 7 heteroatoms. The van der Waals surface area contributed by atoms with Gasteiger partial charge in [-0.15, -0.1) is 0 Å². The van der Waals surface area contributed by atoms with E-state index >= 15 is 0 Å². The van der Waals surface area contributed by atoms with Crippen molar-refractivity contribution in [2.45, 2.75) is 17.9 Å². The van der Waals surface area contributed by atoms with Gasteiger partial charge < -0.3 is 10.5 Å². The van der Waals surface area contributed by atoms with Gasteiger partial charge in [-0.05, 0) is 25.0 Å². The van der Waals surface area contributed by atoms with Crippen LogP contribution in [0.5, 0.6) is 0 Å². The molecule has 0 atom stereocenters. The summed E-state index contributed by atoms with van der Waals surface area (Å²) in [7, 11) is -2.00. The molecule has 1 rings (SSSR count). The van der Waals surface area contributed by atoms with Crippen LogP contribution in [-0.2, 0) is 14.8 Å². The smallest absolute Gasteiger partial charge is 0.260 e. The quantitative estimate of drug-likeness (QED) is 0.690. The first-order valence-corrected chi connectivity index (χ1v) is 6.75. The van der Waals surface area contributed by atoms with Crippen LogP contribution in [0.25, 0.3) is 0 Å². The van der Waals surface area contributed by atoms with Crippen LogP contribution in [0.1, 0.15) is 12.8 Å². The number of sulfonamides is 1. The number of anilines is 1. The molecule has 1 heterocycles. The Morgan fingerprint density at radius 1 is 1.47 bits per heavy atom. The lowest BCUT2D eigenvalue weighted by Crippen LogP contribution is -2.26. The number of aromatic nitrogens is 1. The fourth-order valence-electron chi connectivity index (χ4n) is 1.27. The zero-order valence-corrected chi connectivity index (χ0v) is 10.5. The van der Waals surface area contributed by atoms with E-state index in [9.17, 15) is 8.42 Å². The number of nitrogens with two attached hydrogens (primary N) is 1. The third-order valence-corrected chi connectivity index (χ3v) is 3.56. The Labute approximate surface area is 101 Å². The Morgan fingerprint density at radius 3 is 2.88 bits per heavy atom. The fraction of sp³-hybridized carbons (Fsp3) is 0.500. The van der Waals surface area contributed by atoms with Crippen LogP contribution in [0.15, 0.2) is 23.4 Å². The molecule has 0 aliphatic rings. The number of pyridine rings is 1. The largest absolute Gasteiger partial charge is 0.396 e. The van der Waals surface area contributed by atoms with Crippen LogP contribution < -0.4 is 10.5 Å². The van der Waals surface area contributed by atoms with Gasteiger partial charge in [0, 0.05) is 26.5 Å². The van der Waals surface area contributed by atoms with E-state index in [2.05, 4.69) is 9.71 Å². The van der Waals surface area contributed by atoms with Gasteiger partial charge in [0.25, 0.3) is 10.0 Å². The summed E-state index contributed by atoms with van der Waals surface area (Å²) in [4.78, 5) is 3.76. The summed E-state index contributed by atoms with van der Waals surface area (Å²) in [5.41, 5.74) is 5.71. The highest BCUT2D eigenvalue weighted by molar-refractivity contribution is 7.89. The molecule has 1 aromatic heterocycles. The fourth-order valence-corrected chi connectivity index (χ4v) is 2.40. The van der Waals surface area contributed by atoms with Crippen molar-refractivity contribution in [2.24, 2.45) is 0 Å². The van der Waals surface area contributed by atoms with Crippen LogP contribution in [-0.4, -0.2) is 33.7 Å². The Morgan fingerprint density at radius 2 is 2.24 bits per heavy atom. The molecule has 0 radical (unpaired) electrons. The first-order chi connectivity index (χ1) is 8.08. The van der Waals surface area contributed by atoms with E-state index in [1.165, 1.54) is 12.3 Å². The van der Waals surface area contributed by atoms with E-state index < -0.39 is 10.0 Å². The van der Waals surface area contributed by atoms with Crippen molar-refractivity contribution in [1.29, 1.82) is 0 Å². The molecular formula is C10H17N3O3S. The lowest BCUT2D eigenvalue weighted by molar-refractivity contribution is 0.193. The monoisotopic (exact) mass is 259 g/mol. The summed E-state index contributed by atoms with van der Waals surface area (Å²) in [6.45, 7) is 0.967. The summed E-state index contributed by atoms with van der Waals surface area (Å²) < 4.78 is 30.9. The molecule has 96 valence electrons. The molecule has 17 heavy (non-hydrogen) atoms. The zero-order chi connectivity index (χ0) is 12.7. The molecule has 0 fully saturated rings. The van der Waals surface area contributed by atoms with Gasteiger partial charge in [-0.25, -0.2) is 18.1 Å². The second kappa shape index (κ2) is 6.53. The molecule has 0 spiro atoms. The second-order valence-corrected chi connectivity index (χ2v) is 5.18. The van der Waals surface area contributed by atoms with E-state index in [-0.39, 0.29) is 10.7 Å². The summed E-state index contributed by atoms with van der Waals surface area (Å²) in [6.07, 6.45) is 2.91. The molecule has 3 N–H and O–H groups in total. The lowest BCUT2D eigenvalue weighted by Gasteiger charge is -2.07.